The number of nitrogens with zero attached hydrogens (tertiary/aromatic N) is 1. The average Bonchev–Trinajstić information content (AvgIpc) is 2.16. The maximum atomic E-state index is 13.4. The summed E-state index contributed by atoms with van der Waals surface area (Å²) in [5, 5.41) is 2.88. The molecule has 0 bridgehead atoms. The van der Waals surface area contributed by atoms with Crippen LogP contribution in [-0.2, 0) is 6.18 Å². The molecule has 0 saturated carbocycles. The van der Waals surface area contributed by atoms with Crippen LogP contribution in [0.2, 0.25) is 0 Å². The molecule has 0 unspecified atom stereocenters. The zero-order chi connectivity index (χ0) is 12.3. The van der Waals surface area contributed by atoms with E-state index in [0.717, 1.165) is 0 Å². The van der Waals surface area contributed by atoms with Crippen molar-refractivity contribution in [3.63, 3.8) is 0 Å². The molecule has 1 aromatic rings. The normalized spacial score (nSPS) is 13.9. The Labute approximate surface area is 90.7 Å². The Hall–Kier alpha value is -1.17. The van der Waals surface area contributed by atoms with Gasteiger partial charge in [-0.05, 0) is 19.5 Å². The predicted octanol–water partition coefficient (Wildman–Crippen LogP) is 2.91. The molecule has 0 fully saturated rings. The molecule has 0 spiro atoms. The lowest BCUT2D eigenvalue weighted by molar-refractivity contribution is -0.138. The van der Waals surface area contributed by atoms with Crippen molar-refractivity contribution in [3.8, 4) is 0 Å². The van der Waals surface area contributed by atoms with Gasteiger partial charge in [-0.25, -0.2) is 4.39 Å². The minimum absolute atomic E-state index is 0.00477. The standard InChI is InChI=1S/C10H12F4N2/c1-3-15-6(2)9-8(11)4-7(5-16-9)10(12,13)14/h4-6,15H,3H2,1-2H3/t6-/m1/s1. The van der Waals surface area contributed by atoms with Crippen LogP contribution in [0.3, 0.4) is 0 Å². The first-order valence-electron chi connectivity index (χ1n) is 4.82. The fraction of sp³-hybridized carbons (Fsp3) is 0.500. The number of alkyl halides is 3. The smallest absolute Gasteiger partial charge is 0.309 e. The molecule has 0 aliphatic rings. The van der Waals surface area contributed by atoms with Crippen LogP contribution in [0.15, 0.2) is 12.3 Å². The fourth-order valence-corrected chi connectivity index (χ4v) is 1.33. The molecule has 0 radical (unpaired) electrons. The van der Waals surface area contributed by atoms with Gasteiger partial charge < -0.3 is 5.32 Å². The van der Waals surface area contributed by atoms with Crippen LogP contribution in [0.4, 0.5) is 17.6 Å². The number of hydrogen-bond acceptors (Lipinski definition) is 2. The largest absolute Gasteiger partial charge is 0.417 e. The first kappa shape index (κ1) is 12.9. The first-order valence-corrected chi connectivity index (χ1v) is 4.82. The van der Waals surface area contributed by atoms with E-state index in [1.807, 2.05) is 6.92 Å². The molecule has 6 heteroatoms. The van der Waals surface area contributed by atoms with Crippen LogP contribution in [0, 0.1) is 5.82 Å². The maximum absolute atomic E-state index is 13.4. The predicted molar refractivity (Wildman–Crippen MR) is 51.3 cm³/mol. The SMILES string of the molecule is CCN[C@H](C)c1ncc(C(F)(F)F)cc1F. The summed E-state index contributed by atoms with van der Waals surface area (Å²) in [5.41, 5.74) is -1.08. The molecular weight excluding hydrogens is 224 g/mol. The molecule has 0 aliphatic carbocycles. The summed E-state index contributed by atoms with van der Waals surface area (Å²) in [7, 11) is 0. The van der Waals surface area contributed by atoms with E-state index in [0.29, 0.717) is 18.8 Å². The van der Waals surface area contributed by atoms with Gasteiger partial charge in [-0.2, -0.15) is 13.2 Å². The zero-order valence-corrected chi connectivity index (χ0v) is 8.90. The van der Waals surface area contributed by atoms with E-state index in [4.69, 9.17) is 0 Å². The second-order valence-corrected chi connectivity index (χ2v) is 3.37. The minimum Gasteiger partial charge on any atom is -0.309 e. The molecular formula is C10H12F4N2. The Kier molecular flexibility index (Phi) is 3.85. The van der Waals surface area contributed by atoms with E-state index in [2.05, 4.69) is 10.3 Å². The lowest BCUT2D eigenvalue weighted by atomic mass is 10.1. The Bertz CT molecular complexity index is 362. The average molecular weight is 236 g/mol. The van der Waals surface area contributed by atoms with Crippen molar-refractivity contribution in [2.24, 2.45) is 0 Å². The van der Waals surface area contributed by atoms with E-state index in [1.165, 1.54) is 0 Å². The number of hydrogen-bond donors (Lipinski definition) is 1. The highest BCUT2D eigenvalue weighted by Gasteiger charge is 2.32. The number of rotatable bonds is 3. The maximum Gasteiger partial charge on any atom is 0.417 e. The van der Waals surface area contributed by atoms with Gasteiger partial charge in [0.2, 0.25) is 0 Å². The van der Waals surface area contributed by atoms with Gasteiger partial charge in [0, 0.05) is 12.2 Å². The van der Waals surface area contributed by atoms with E-state index < -0.39 is 23.6 Å². The van der Waals surface area contributed by atoms with Crippen molar-refractivity contribution in [1.29, 1.82) is 0 Å². The van der Waals surface area contributed by atoms with E-state index in [1.54, 1.807) is 6.92 Å². The van der Waals surface area contributed by atoms with Gasteiger partial charge in [-0.15, -0.1) is 0 Å². The second kappa shape index (κ2) is 4.78. The summed E-state index contributed by atoms with van der Waals surface area (Å²) >= 11 is 0. The van der Waals surface area contributed by atoms with Crippen molar-refractivity contribution in [3.05, 3.63) is 29.3 Å². The number of aromatic nitrogens is 1. The van der Waals surface area contributed by atoms with Crippen molar-refractivity contribution in [2.75, 3.05) is 6.54 Å². The van der Waals surface area contributed by atoms with Gasteiger partial charge in [-0.3, -0.25) is 4.98 Å². The second-order valence-electron chi connectivity index (χ2n) is 3.37. The molecule has 16 heavy (non-hydrogen) atoms. The van der Waals surface area contributed by atoms with Crippen LogP contribution in [0.25, 0.3) is 0 Å². The Morgan fingerprint density at radius 2 is 2.06 bits per heavy atom. The fourth-order valence-electron chi connectivity index (χ4n) is 1.33. The minimum atomic E-state index is -4.56. The van der Waals surface area contributed by atoms with Crippen LogP contribution < -0.4 is 5.32 Å². The summed E-state index contributed by atoms with van der Waals surface area (Å²) in [6.07, 6.45) is -3.92. The summed E-state index contributed by atoms with van der Waals surface area (Å²) in [6.45, 7) is 4.05. The highest BCUT2D eigenvalue weighted by atomic mass is 19.4. The van der Waals surface area contributed by atoms with Gasteiger partial charge in [0.05, 0.1) is 11.3 Å². The highest BCUT2D eigenvalue weighted by Crippen LogP contribution is 2.30. The van der Waals surface area contributed by atoms with E-state index in [-0.39, 0.29) is 5.69 Å². The van der Waals surface area contributed by atoms with Crippen molar-refractivity contribution >= 4 is 0 Å². The van der Waals surface area contributed by atoms with Gasteiger partial charge in [-0.1, -0.05) is 6.92 Å². The van der Waals surface area contributed by atoms with Crippen LogP contribution in [0.5, 0.6) is 0 Å². The Morgan fingerprint density at radius 3 is 2.50 bits per heavy atom. The van der Waals surface area contributed by atoms with Gasteiger partial charge in [0.15, 0.2) is 0 Å². The van der Waals surface area contributed by atoms with Crippen LogP contribution in [-0.4, -0.2) is 11.5 Å². The zero-order valence-electron chi connectivity index (χ0n) is 8.90. The van der Waals surface area contributed by atoms with E-state index in [9.17, 15) is 17.6 Å². The molecule has 1 aromatic heterocycles. The molecule has 2 nitrogen and oxygen atoms in total. The summed E-state index contributed by atoms with van der Waals surface area (Å²) in [6, 6.07) is 0.0585. The quantitative estimate of drug-likeness (QED) is 0.816. The molecule has 1 heterocycles. The van der Waals surface area contributed by atoms with Crippen LogP contribution in [0.1, 0.15) is 31.1 Å². The molecule has 0 amide bonds. The molecule has 90 valence electrons. The van der Waals surface area contributed by atoms with Crippen LogP contribution >= 0.6 is 0 Å². The van der Waals surface area contributed by atoms with E-state index >= 15 is 0 Å². The van der Waals surface area contributed by atoms with Crippen molar-refractivity contribution in [1.82, 2.24) is 10.3 Å². The Morgan fingerprint density at radius 1 is 1.44 bits per heavy atom. The molecule has 1 N–H and O–H groups in total. The molecule has 1 rings (SSSR count). The summed E-state index contributed by atoms with van der Waals surface area (Å²) in [4.78, 5) is 3.51. The topological polar surface area (TPSA) is 24.9 Å². The van der Waals surface area contributed by atoms with Gasteiger partial charge in [0.1, 0.15) is 5.82 Å². The number of halogens is 4. The van der Waals surface area contributed by atoms with Crippen molar-refractivity contribution in [2.45, 2.75) is 26.1 Å². The molecule has 0 saturated heterocycles. The Balaban J connectivity index is 3.00. The summed E-state index contributed by atoms with van der Waals surface area (Å²) in [5.74, 6) is -0.941. The molecule has 1 atom stereocenters. The first-order chi connectivity index (χ1) is 7.36. The third-order valence-electron chi connectivity index (χ3n) is 2.12. The third kappa shape index (κ3) is 2.91. The lowest BCUT2D eigenvalue weighted by Gasteiger charge is -2.14. The van der Waals surface area contributed by atoms with Gasteiger partial charge >= 0.3 is 6.18 Å². The monoisotopic (exact) mass is 236 g/mol. The molecule has 0 aliphatic heterocycles. The lowest BCUT2D eigenvalue weighted by Crippen LogP contribution is -2.20. The highest BCUT2D eigenvalue weighted by molar-refractivity contribution is 5.20. The number of pyridine rings is 1. The van der Waals surface area contributed by atoms with Crippen molar-refractivity contribution < 1.29 is 17.6 Å². The third-order valence-corrected chi connectivity index (χ3v) is 2.12. The molecule has 0 aromatic carbocycles. The summed E-state index contributed by atoms with van der Waals surface area (Å²) < 4.78 is 50.0. The number of nitrogens with one attached hydrogen (secondary N) is 1. The van der Waals surface area contributed by atoms with Gasteiger partial charge in [0.25, 0.3) is 0 Å².